The zero-order valence-corrected chi connectivity index (χ0v) is 11.0. The minimum absolute atomic E-state index is 0.0423. The molecule has 0 radical (unpaired) electrons. The summed E-state index contributed by atoms with van der Waals surface area (Å²) in [6.45, 7) is 0.434. The number of amides is 1. The van der Waals surface area contributed by atoms with Gasteiger partial charge in [0.2, 0.25) is 5.91 Å². The summed E-state index contributed by atoms with van der Waals surface area (Å²) >= 11 is 4.95. The van der Waals surface area contributed by atoms with Crippen molar-refractivity contribution in [1.29, 1.82) is 0 Å². The minimum Gasteiger partial charge on any atom is -0.392 e. The van der Waals surface area contributed by atoms with E-state index in [1.54, 1.807) is 24.1 Å². The molecule has 0 aliphatic heterocycles. The van der Waals surface area contributed by atoms with E-state index in [4.69, 9.17) is 18.0 Å². The molecule has 1 saturated carbocycles. The SMILES string of the molecule is CN(Cc1ccc(F)cc1)C(=O)C1(C(N)=S)CC1. The van der Waals surface area contributed by atoms with Gasteiger partial charge < -0.3 is 10.6 Å². The first-order valence-corrected chi connectivity index (χ1v) is 6.16. The van der Waals surface area contributed by atoms with Crippen LogP contribution in [0.4, 0.5) is 4.39 Å². The van der Waals surface area contributed by atoms with Crippen LogP contribution in [0.1, 0.15) is 18.4 Å². The third-order valence-electron chi connectivity index (χ3n) is 3.31. The summed E-state index contributed by atoms with van der Waals surface area (Å²) in [6, 6.07) is 6.10. The van der Waals surface area contributed by atoms with E-state index in [1.165, 1.54) is 12.1 Å². The first kappa shape index (κ1) is 13.0. The predicted octanol–water partition coefficient (Wildman–Crippen LogP) is 1.85. The Morgan fingerprint density at radius 1 is 1.44 bits per heavy atom. The van der Waals surface area contributed by atoms with Gasteiger partial charge in [-0.25, -0.2) is 4.39 Å². The maximum Gasteiger partial charge on any atom is 0.235 e. The van der Waals surface area contributed by atoms with Crippen molar-refractivity contribution in [2.45, 2.75) is 19.4 Å². The predicted molar refractivity (Wildman–Crippen MR) is 71.3 cm³/mol. The van der Waals surface area contributed by atoms with Gasteiger partial charge in [-0.05, 0) is 30.5 Å². The zero-order valence-electron chi connectivity index (χ0n) is 10.1. The summed E-state index contributed by atoms with van der Waals surface area (Å²) in [7, 11) is 1.71. The molecule has 0 spiro atoms. The van der Waals surface area contributed by atoms with Crippen LogP contribution in [0.2, 0.25) is 0 Å². The molecular formula is C13H15FN2OS. The molecule has 1 aromatic carbocycles. The number of rotatable bonds is 4. The Bertz CT molecular complexity index is 482. The number of carbonyl (C=O) groups is 1. The summed E-state index contributed by atoms with van der Waals surface area (Å²) in [5.41, 5.74) is 5.88. The monoisotopic (exact) mass is 266 g/mol. The fourth-order valence-corrected chi connectivity index (χ4v) is 2.28. The second-order valence-corrected chi connectivity index (χ2v) is 5.17. The van der Waals surface area contributed by atoms with Gasteiger partial charge in [-0.15, -0.1) is 0 Å². The van der Waals surface area contributed by atoms with Crippen molar-refractivity contribution < 1.29 is 9.18 Å². The van der Waals surface area contributed by atoms with E-state index < -0.39 is 5.41 Å². The van der Waals surface area contributed by atoms with Crippen molar-refractivity contribution in [3.8, 4) is 0 Å². The lowest BCUT2D eigenvalue weighted by Gasteiger charge is -2.22. The fourth-order valence-electron chi connectivity index (χ4n) is 1.99. The number of hydrogen-bond acceptors (Lipinski definition) is 2. The third-order valence-corrected chi connectivity index (χ3v) is 3.70. The van der Waals surface area contributed by atoms with Crippen LogP contribution >= 0.6 is 12.2 Å². The van der Waals surface area contributed by atoms with Gasteiger partial charge in [0.1, 0.15) is 5.82 Å². The Labute approximate surface area is 111 Å². The molecule has 2 rings (SSSR count). The number of nitrogens with zero attached hydrogens (tertiary/aromatic N) is 1. The van der Waals surface area contributed by atoms with E-state index in [2.05, 4.69) is 0 Å². The molecule has 0 bridgehead atoms. The van der Waals surface area contributed by atoms with Crippen LogP contribution in [-0.2, 0) is 11.3 Å². The Morgan fingerprint density at radius 2 is 2.00 bits per heavy atom. The number of nitrogens with two attached hydrogens (primary N) is 1. The van der Waals surface area contributed by atoms with E-state index in [0.29, 0.717) is 6.54 Å². The number of halogens is 1. The van der Waals surface area contributed by atoms with Gasteiger partial charge in [-0.1, -0.05) is 24.4 Å². The van der Waals surface area contributed by atoms with Gasteiger partial charge in [-0.2, -0.15) is 0 Å². The quantitative estimate of drug-likeness (QED) is 0.846. The average Bonchev–Trinajstić information content (AvgIpc) is 3.12. The molecule has 5 heteroatoms. The van der Waals surface area contributed by atoms with Crippen LogP contribution in [0.25, 0.3) is 0 Å². The van der Waals surface area contributed by atoms with Gasteiger partial charge in [0.25, 0.3) is 0 Å². The maximum absolute atomic E-state index is 12.8. The maximum atomic E-state index is 12.8. The van der Waals surface area contributed by atoms with Crippen molar-refractivity contribution in [2.75, 3.05) is 7.05 Å². The lowest BCUT2D eigenvalue weighted by atomic mass is 10.1. The molecule has 0 aromatic heterocycles. The molecule has 1 aliphatic carbocycles. The zero-order chi connectivity index (χ0) is 13.3. The molecular weight excluding hydrogens is 251 g/mol. The van der Waals surface area contributed by atoms with E-state index in [1.807, 2.05) is 0 Å². The van der Waals surface area contributed by atoms with Crippen LogP contribution in [0, 0.1) is 11.2 Å². The van der Waals surface area contributed by atoms with Gasteiger partial charge in [0.05, 0.1) is 10.4 Å². The summed E-state index contributed by atoms with van der Waals surface area (Å²) in [5.74, 6) is -0.325. The largest absolute Gasteiger partial charge is 0.392 e. The lowest BCUT2D eigenvalue weighted by molar-refractivity contribution is -0.133. The Morgan fingerprint density at radius 3 is 2.44 bits per heavy atom. The van der Waals surface area contributed by atoms with Crippen LogP contribution in [0.5, 0.6) is 0 Å². The number of carbonyl (C=O) groups excluding carboxylic acids is 1. The van der Waals surface area contributed by atoms with Crippen molar-refractivity contribution in [2.24, 2.45) is 11.1 Å². The first-order chi connectivity index (χ1) is 8.45. The highest BCUT2D eigenvalue weighted by atomic mass is 32.1. The van der Waals surface area contributed by atoms with Crippen molar-refractivity contribution in [3.63, 3.8) is 0 Å². The third kappa shape index (κ3) is 2.36. The fraction of sp³-hybridized carbons (Fsp3) is 0.385. The van der Waals surface area contributed by atoms with E-state index >= 15 is 0 Å². The summed E-state index contributed by atoms with van der Waals surface area (Å²) in [4.78, 5) is 14.1. The van der Waals surface area contributed by atoms with E-state index in [-0.39, 0.29) is 16.7 Å². The van der Waals surface area contributed by atoms with Crippen molar-refractivity contribution in [3.05, 3.63) is 35.6 Å². The van der Waals surface area contributed by atoms with Gasteiger partial charge >= 0.3 is 0 Å². The highest BCUT2D eigenvalue weighted by Gasteiger charge is 2.53. The summed E-state index contributed by atoms with van der Waals surface area (Å²) < 4.78 is 12.8. The molecule has 0 unspecified atom stereocenters. The highest BCUT2D eigenvalue weighted by Crippen LogP contribution is 2.47. The molecule has 1 aromatic rings. The van der Waals surface area contributed by atoms with Gasteiger partial charge in [-0.3, -0.25) is 4.79 Å². The standard InChI is InChI=1S/C13H15FN2OS/c1-16(8-9-2-4-10(14)5-3-9)12(17)13(6-7-13)11(15)18/h2-5H,6-8H2,1H3,(H2,15,18). The molecule has 96 valence electrons. The van der Waals surface area contributed by atoms with Crippen LogP contribution in [-0.4, -0.2) is 22.8 Å². The average molecular weight is 266 g/mol. The normalized spacial score (nSPS) is 16.1. The summed E-state index contributed by atoms with van der Waals surface area (Å²) in [6.07, 6.45) is 1.46. The Balaban J connectivity index is 2.04. The highest BCUT2D eigenvalue weighted by molar-refractivity contribution is 7.80. The molecule has 1 amide bonds. The summed E-state index contributed by atoms with van der Waals surface area (Å²) in [5, 5.41) is 0. The molecule has 0 atom stereocenters. The van der Waals surface area contributed by atoms with E-state index in [0.717, 1.165) is 18.4 Å². The van der Waals surface area contributed by atoms with Crippen LogP contribution in [0.15, 0.2) is 24.3 Å². The first-order valence-electron chi connectivity index (χ1n) is 5.75. The molecule has 2 N–H and O–H groups in total. The van der Waals surface area contributed by atoms with E-state index in [9.17, 15) is 9.18 Å². The topological polar surface area (TPSA) is 46.3 Å². The second kappa shape index (κ2) is 4.65. The Hall–Kier alpha value is -1.49. The molecule has 1 fully saturated rings. The lowest BCUT2D eigenvalue weighted by Crippen LogP contribution is -2.40. The number of hydrogen-bond donors (Lipinski definition) is 1. The van der Waals surface area contributed by atoms with Crippen LogP contribution in [0.3, 0.4) is 0 Å². The van der Waals surface area contributed by atoms with Gasteiger partial charge in [0, 0.05) is 13.6 Å². The molecule has 1 aliphatic rings. The number of benzene rings is 1. The minimum atomic E-state index is -0.621. The van der Waals surface area contributed by atoms with Gasteiger partial charge in [0.15, 0.2) is 0 Å². The number of thiocarbonyl (C=S) groups is 1. The molecule has 0 saturated heterocycles. The Kier molecular flexibility index (Phi) is 3.34. The molecule has 0 heterocycles. The van der Waals surface area contributed by atoms with Crippen molar-refractivity contribution >= 4 is 23.1 Å². The van der Waals surface area contributed by atoms with Crippen LogP contribution < -0.4 is 5.73 Å². The smallest absolute Gasteiger partial charge is 0.235 e. The molecule has 3 nitrogen and oxygen atoms in total. The second-order valence-electron chi connectivity index (χ2n) is 4.73. The molecule has 18 heavy (non-hydrogen) atoms. The van der Waals surface area contributed by atoms with Crippen molar-refractivity contribution in [1.82, 2.24) is 4.90 Å².